The molecule has 0 saturated carbocycles. The van der Waals surface area contributed by atoms with Crippen LogP contribution in [0, 0.1) is 6.92 Å². The van der Waals surface area contributed by atoms with E-state index in [2.05, 4.69) is 20.0 Å². The molecule has 2 N–H and O–H groups in total. The van der Waals surface area contributed by atoms with Crippen LogP contribution in [0.1, 0.15) is 5.56 Å². The minimum Gasteiger partial charge on any atom is -0.454 e. The van der Waals surface area contributed by atoms with E-state index in [9.17, 15) is 4.21 Å². The number of benzene rings is 3. The van der Waals surface area contributed by atoms with E-state index >= 15 is 0 Å². The fourth-order valence-corrected chi connectivity index (χ4v) is 3.90. The number of hydrogen-bond donors (Lipinski definition) is 2. The zero-order chi connectivity index (χ0) is 20.5. The van der Waals surface area contributed by atoms with Gasteiger partial charge in [-0.25, -0.2) is 14.2 Å². The topological polar surface area (TPSA) is 85.4 Å². The summed E-state index contributed by atoms with van der Waals surface area (Å²) in [6.07, 6.45) is 0. The van der Waals surface area contributed by atoms with E-state index in [-0.39, 0.29) is 6.79 Å². The van der Waals surface area contributed by atoms with Crippen molar-refractivity contribution in [1.29, 1.82) is 0 Å². The molecule has 30 heavy (non-hydrogen) atoms. The van der Waals surface area contributed by atoms with Crippen LogP contribution < -0.4 is 19.5 Å². The molecule has 0 spiro atoms. The molecular weight excluding hydrogens is 400 g/mol. The Kier molecular flexibility index (Phi) is 4.68. The summed E-state index contributed by atoms with van der Waals surface area (Å²) in [6, 6.07) is 20.6. The van der Waals surface area contributed by atoms with Gasteiger partial charge in [-0.3, -0.25) is 4.72 Å². The summed E-state index contributed by atoms with van der Waals surface area (Å²) < 4.78 is 26.7. The second-order valence-electron chi connectivity index (χ2n) is 6.79. The van der Waals surface area contributed by atoms with E-state index in [4.69, 9.17) is 9.47 Å². The van der Waals surface area contributed by atoms with E-state index in [1.54, 1.807) is 0 Å². The van der Waals surface area contributed by atoms with E-state index in [0.29, 0.717) is 33.5 Å². The fourth-order valence-electron chi connectivity index (χ4n) is 3.08. The first-order valence-electron chi connectivity index (χ1n) is 9.34. The zero-order valence-electron chi connectivity index (χ0n) is 16.1. The van der Waals surface area contributed by atoms with Crippen LogP contribution in [0.2, 0.25) is 0 Å². The lowest BCUT2D eigenvalue weighted by Crippen LogP contribution is -2.10. The molecule has 0 amide bonds. The van der Waals surface area contributed by atoms with Crippen LogP contribution in [-0.2, 0) is 11.0 Å². The van der Waals surface area contributed by atoms with Crippen molar-refractivity contribution in [3.63, 3.8) is 0 Å². The number of ether oxygens (including phenoxy) is 2. The highest BCUT2D eigenvalue weighted by molar-refractivity contribution is 7.86. The lowest BCUT2D eigenvalue weighted by atomic mass is 10.2. The van der Waals surface area contributed by atoms with Gasteiger partial charge in [-0.2, -0.15) is 0 Å². The van der Waals surface area contributed by atoms with Crippen LogP contribution in [-0.4, -0.2) is 21.0 Å². The molecule has 0 radical (unpaired) electrons. The molecule has 2 heterocycles. The van der Waals surface area contributed by atoms with Crippen LogP contribution in [0.5, 0.6) is 11.5 Å². The molecule has 0 fully saturated rings. The molecule has 0 bridgehead atoms. The van der Waals surface area contributed by atoms with Gasteiger partial charge in [0.25, 0.3) is 0 Å². The first-order chi connectivity index (χ1) is 14.7. The largest absolute Gasteiger partial charge is 0.454 e. The van der Waals surface area contributed by atoms with Crippen molar-refractivity contribution >= 4 is 39.3 Å². The first kappa shape index (κ1) is 18.4. The molecule has 0 aliphatic carbocycles. The van der Waals surface area contributed by atoms with Gasteiger partial charge in [0.2, 0.25) is 6.79 Å². The number of rotatable bonds is 5. The highest BCUT2D eigenvalue weighted by atomic mass is 32.2. The van der Waals surface area contributed by atoms with Gasteiger partial charge in [0.15, 0.2) is 34.1 Å². The van der Waals surface area contributed by atoms with Crippen LogP contribution in [0.25, 0.3) is 11.0 Å². The number of anilines is 3. The number of aryl methyl sites for hydroxylation is 1. The van der Waals surface area contributed by atoms with Crippen molar-refractivity contribution in [3.05, 3.63) is 72.3 Å². The molecule has 1 atom stereocenters. The number of para-hydroxylation sites is 2. The summed E-state index contributed by atoms with van der Waals surface area (Å²) in [6.45, 7) is 2.19. The lowest BCUT2D eigenvalue weighted by molar-refractivity contribution is 0.174. The summed E-state index contributed by atoms with van der Waals surface area (Å²) in [7, 11) is -1.49. The maximum Gasteiger partial charge on any atom is 0.231 e. The third-order valence-corrected chi connectivity index (χ3v) is 5.71. The van der Waals surface area contributed by atoms with Gasteiger partial charge in [-0.15, -0.1) is 0 Å². The van der Waals surface area contributed by atoms with Gasteiger partial charge in [0, 0.05) is 11.8 Å². The monoisotopic (exact) mass is 418 g/mol. The van der Waals surface area contributed by atoms with Gasteiger partial charge in [0.05, 0.1) is 15.9 Å². The van der Waals surface area contributed by atoms with E-state index in [0.717, 1.165) is 16.8 Å². The van der Waals surface area contributed by atoms with Crippen molar-refractivity contribution in [2.45, 2.75) is 11.8 Å². The summed E-state index contributed by atoms with van der Waals surface area (Å²) >= 11 is 0. The summed E-state index contributed by atoms with van der Waals surface area (Å²) in [4.78, 5) is 9.98. The fraction of sp³-hybridized carbons (Fsp3) is 0.0909. The maximum atomic E-state index is 12.9. The molecule has 1 aromatic heterocycles. The Morgan fingerprint density at radius 2 is 1.57 bits per heavy atom. The minimum absolute atomic E-state index is 0.205. The highest BCUT2D eigenvalue weighted by Gasteiger charge is 2.16. The predicted molar refractivity (Wildman–Crippen MR) is 117 cm³/mol. The molecule has 7 nitrogen and oxygen atoms in total. The summed E-state index contributed by atoms with van der Waals surface area (Å²) in [5.74, 6) is 2.22. The summed E-state index contributed by atoms with van der Waals surface area (Å²) in [5, 5.41) is 3.25. The van der Waals surface area contributed by atoms with Gasteiger partial charge in [-0.1, -0.05) is 29.8 Å². The number of aromatic nitrogens is 2. The third kappa shape index (κ3) is 3.65. The summed E-state index contributed by atoms with van der Waals surface area (Å²) in [5.41, 5.74) is 3.30. The Bertz CT molecular complexity index is 1260. The SMILES string of the molecule is Cc1ccc(S(=O)Nc2nc3ccccc3nc2Nc2ccc3c(c2)OCO3)cc1. The number of fused-ring (bicyclic) bond motifs is 2. The van der Waals surface area contributed by atoms with Crippen LogP contribution in [0.15, 0.2) is 71.6 Å². The lowest BCUT2D eigenvalue weighted by Gasteiger charge is -2.13. The molecule has 8 heteroatoms. The second kappa shape index (κ2) is 7.64. The molecule has 3 aromatic carbocycles. The molecular formula is C22H18N4O3S. The van der Waals surface area contributed by atoms with Crippen molar-refractivity contribution in [2.24, 2.45) is 0 Å². The van der Waals surface area contributed by atoms with Crippen LogP contribution in [0.3, 0.4) is 0 Å². The standard InChI is InChI=1S/C22H18N4O3S/c1-14-6-9-16(10-7-14)30(27)26-22-21(24-17-4-2-3-5-18(17)25-22)23-15-8-11-19-20(12-15)29-13-28-19/h2-12H,13H2,1H3,(H,23,24)(H,25,26). The average molecular weight is 418 g/mol. The Morgan fingerprint density at radius 3 is 2.33 bits per heavy atom. The molecule has 0 saturated heterocycles. The Labute approximate surface area is 175 Å². The highest BCUT2D eigenvalue weighted by Crippen LogP contribution is 2.36. The molecule has 150 valence electrons. The van der Waals surface area contributed by atoms with Crippen molar-refractivity contribution in [2.75, 3.05) is 16.8 Å². The Morgan fingerprint density at radius 1 is 0.867 bits per heavy atom. The number of nitrogens with zero attached hydrogens (tertiary/aromatic N) is 2. The van der Waals surface area contributed by atoms with E-state index in [1.165, 1.54) is 0 Å². The molecule has 4 aromatic rings. The van der Waals surface area contributed by atoms with Crippen molar-refractivity contribution < 1.29 is 13.7 Å². The average Bonchev–Trinajstić information content (AvgIpc) is 3.22. The number of hydrogen-bond acceptors (Lipinski definition) is 6. The predicted octanol–water partition coefficient (Wildman–Crippen LogP) is 4.55. The Hall–Kier alpha value is -3.65. The molecule has 1 aliphatic heterocycles. The quantitative estimate of drug-likeness (QED) is 0.495. The maximum absolute atomic E-state index is 12.9. The van der Waals surface area contributed by atoms with Crippen LogP contribution in [0.4, 0.5) is 17.3 Å². The smallest absolute Gasteiger partial charge is 0.231 e. The van der Waals surface area contributed by atoms with Gasteiger partial charge in [-0.05, 0) is 43.3 Å². The van der Waals surface area contributed by atoms with Crippen molar-refractivity contribution in [1.82, 2.24) is 9.97 Å². The van der Waals surface area contributed by atoms with Gasteiger partial charge >= 0.3 is 0 Å². The molecule has 1 aliphatic rings. The number of nitrogens with one attached hydrogen (secondary N) is 2. The normalized spacial score (nSPS) is 13.2. The van der Waals surface area contributed by atoms with Gasteiger partial charge in [0.1, 0.15) is 0 Å². The molecule has 1 unspecified atom stereocenters. The van der Waals surface area contributed by atoms with E-state index in [1.807, 2.05) is 73.7 Å². The zero-order valence-corrected chi connectivity index (χ0v) is 16.9. The van der Waals surface area contributed by atoms with Crippen molar-refractivity contribution in [3.8, 4) is 11.5 Å². The van der Waals surface area contributed by atoms with E-state index < -0.39 is 11.0 Å². The third-order valence-electron chi connectivity index (χ3n) is 4.63. The Balaban J connectivity index is 1.51. The molecule has 5 rings (SSSR count). The second-order valence-corrected chi connectivity index (χ2v) is 8.00. The van der Waals surface area contributed by atoms with Gasteiger partial charge < -0.3 is 14.8 Å². The van der Waals surface area contributed by atoms with Crippen LogP contribution >= 0.6 is 0 Å². The minimum atomic E-state index is -1.49. The first-order valence-corrected chi connectivity index (χ1v) is 10.5.